The van der Waals surface area contributed by atoms with Gasteiger partial charge >= 0.3 is 0 Å². The van der Waals surface area contributed by atoms with Gasteiger partial charge in [0.15, 0.2) is 0 Å². The molecular formula is C16H27N5. The first kappa shape index (κ1) is 15.8. The second-order valence-corrected chi connectivity index (χ2v) is 6.06. The lowest BCUT2D eigenvalue weighted by Gasteiger charge is -2.08. The summed E-state index contributed by atoms with van der Waals surface area (Å²) in [6.07, 6.45) is 2.10. The van der Waals surface area contributed by atoms with Gasteiger partial charge in [-0.1, -0.05) is 13.8 Å². The number of hydrogen-bond donors (Lipinski definition) is 1. The summed E-state index contributed by atoms with van der Waals surface area (Å²) < 4.78 is 3.94. The van der Waals surface area contributed by atoms with Crippen molar-refractivity contribution in [2.24, 2.45) is 13.0 Å². The molecule has 5 nitrogen and oxygen atoms in total. The molecule has 21 heavy (non-hydrogen) atoms. The number of hydrogen-bond acceptors (Lipinski definition) is 3. The third kappa shape index (κ3) is 3.35. The molecule has 0 atom stereocenters. The van der Waals surface area contributed by atoms with E-state index in [2.05, 4.69) is 56.3 Å². The van der Waals surface area contributed by atoms with E-state index in [1.54, 1.807) is 0 Å². The highest BCUT2D eigenvalue weighted by Gasteiger charge is 2.18. The predicted molar refractivity (Wildman–Crippen MR) is 86.1 cm³/mol. The molecule has 2 aromatic rings. The Kier molecular flexibility index (Phi) is 4.83. The molecule has 0 radical (unpaired) electrons. The zero-order valence-corrected chi connectivity index (χ0v) is 14.1. The van der Waals surface area contributed by atoms with E-state index in [9.17, 15) is 0 Å². The highest BCUT2D eigenvalue weighted by atomic mass is 15.3. The molecule has 0 saturated carbocycles. The molecule has 1 N–H and O–H groups in total. The van der Waals surface area contributed by atoms with Crippen molar-refractivity contribution in [2.45, 2.75) is 47.7 Å². The Labute approximate surface area is 127 Å². The van der Waals surface area contributed by atoms with Crippen LogP contribution >= 0.6 is 0 Å². The number of nitrogens with one attached hydrogen (secondary N) is 1. The van der Waals surface area contributed by atoms with Gasteiger partial charge in [0.2, 0.25) is 0 Å². The van der Waals surface area contributed by atoms with Gasteiger partial charge in [-0.05, 0) is 33.2 Å². The fourth-order valence-corrected chi connectivity index (χ4v) is 2.72. The smallest absolute Gasteiger partial charge is 0.100 e. The topological polar surface area (TPSA) is 47.7 Å². The minimum absolute atomic E-state index is 0.649. The Morgan fingerprint density at radius 3 is 2.52 bits per heavy atom. The minimum atomic E-state index is 0.649. The van der Waals surface area contributed by atoms with Crippen molar-refractivity contribution >= 4 is 0 Å². The van der Waals surface area contributed by atoms with Gasteiger partial charge in [0.25, 0.3) is 0 Å². The van der Waals surface area contributed by atoms with Crippen molar-refractivity contribution in [2.75, 3.05) is 6.54 Å². The van der Waals surface area contributed by atoms with Crippen LogP contribution in [0.4, 0.5) is 0 Å². The van der Waals surface area contributed by atoms with Crippen LogP contribution in [0, 0.1) is 19.8 Å². The fraction of sp³-hybridized carbons (Fsp3) is 0.625. The zero-order chi connectivity index (χ0) is 15.6. The minimum Gasteiger partial charge on any atom is -0.312 e. The molecule has 0 aliphatic rings. The molecule has 0 aliphatic carbocycles. The van der Waals surface area contributed by atoms with Crippen LogP contribution in [-0.4, -0.2) is 26.1 Å². The Morgan fingerprint density at radius 2 is 1.95 bits per heavy atom. The maximum atomic E-state index is 4.67. The Balaban J connectivity index is 2.33. The van der Waals surface area contributed by atoms with Gasteiger partial charge in [0.05, 0.1) is 5.69 Å². The second kappa shape index (κ2) is 6.43. The Morgan fingerprint density at radius 1 is 1.24 bits per heavy atom. The monoisotopic (exact) mass is 289 g/mol. The van der Waals surface area contributed by atoms with Crippen LogP contribution in [0.5, 0.6) is 0 Å². The first-order valence-electron chi connectivity index (χ1n) is 7.71. The molecule has 0 amide bonds. The summed E-state index contributed by atoms with van der Waals surface area (Å²) in [5.41, 5.74) is 5.72. The molecule has 0 bridgehead atoms. The fourth-order valence-electron chi connectivity index (χ4n) is 2.72. The van der Waals surface area contributed by atoms with Gasteiger partial charge < -0.3 is 5.32 Å². The number of rotatable bonds is 6. The van der Waals surface area contributed by atoms with E-state index in [1.165, 1.54) is 16.8 Å². The van der Waals surface area contributed by atoms with Crippen LogP contribution in [0.3, 0.4) is 0 Å². The lowest BCUT2D eigenvalue weighted by molar-refractivity contribution is 0.552. The number of nitrogens with zero attached hydrogens (tertiary/aromatic N) is 4. The summed E-state index contributed by atoms with van der Waals surface area (Å²) in [7, 11) is 1.98. The van der Waals surface area contributed by atoms with Crippen molar-refractivity contribution in [1.29, 1.82) is 0 Å². The number of aromatic nitrogens is 4. The average Bonchev–Trinajstić information content (AvgIpc) is 2.89. The van der Waals surface area contributed by atoms with E-state index in [0.717, 1.165) is 31.0 Å². The normalized spacial score (nSPS) is 11.6. The Hall–Kier alpha value is -1.62. The zero-order valence-electron chi connectivity index (χ0n) is 14.1. The number of aryl methyl sites for hydroxylation is 3. The van der Waals surface area contributed by atoms with Crippen LogP contribution in [0.2, 0.25) is 0 Å². The van der Waals surface area contributed by atoms with Gasteiger partial charge in [-0.2, -0.15) is 10.2 Å². The molecule has 0 unspecified atom stereocenters. The molecule has 2 rings (SSSR count). The van der Waals surface area contributed by atoms with Crippen LogP contribution in [0.25, 0.3) is 11.3 Å². The van der Waals surface area contributed by atoms with E-state index in [-0.39, 0.29) is 0 Å². The summed E-state index contributed by atoms with van der Waals surface area (Å²) in [6, 6.07) is 0. The molecule has 2 aromatic heterocycles. The van der Waals surface area contributed by atoms with Crippen molar-refractivity contribution in [3.05, 3.63) is 23.1 Å². The lowest BCUT2D eigenvalue weighted by Crippen LogP contribution is -2.19. The highest BCUT2D eigenvalue weighted by Crippen LogP contribution is 2.28. The lowest BCUT2D eigenvalue weighted by atomic mass is 10.1. The summed E-state index contributed by atoms with van der Waals surface area (Å²) >= 11 is 0. The van der Waals surface area contributed by atoms with Crippen LogP contribution in [-0.2, 0) is 20.1 Å². The van der Waals surface area contributed by atoms with Gasteiger partial charge in [0.1, 0.15) is 5.69 Å². The first-order chi connectivity index (χ1) is 9.93. The summed E-state index contributed by atoms with van der Waals surface area (Å²) in [5, 5.41) is 12.8. The van der Waals surface area contributed by atoms with Gasteiger partial charge in [-0.15, -0.1) is 0 Å². The largest absolute Gasteiger partial charge is 0.312 e. The quantitative estimate of drug-likeness (QED) is 0.889. The summed E-state index contributed by atoms with van der Waals surface area (Å²) in [5.74, 6) is 0.649. The van der Waals surface area contributed by atoms with Crippen molar-refractivity contribution in [3.63, 3.8) is 0 Å². The standard InChI is InChI=1S/C16H27N5/c1-7-21-13(5)15(12(4)18-21)16-14(10-20(6)19-16)9-17-8-11(2)3/h10-11,17H,7-9H2,1-6H3. The maximum absolute atomic E-state index is 4.67. The molecule has 116 valence electrons. The van der Waals surface area contributed by atoms with E-state index in [4.69, 9.17) is 0 Å². The third-order valence-electron chi connectivity index (χ3n) is 3.69. The molecule has 2 heterocycles. The molecular weight excluding hydrogens is 262 g/mol. The van der Waals surface area contributed by atoms with E-state index in [1.807, 2.05) is 16.4 Å². The third-order valence-corrected chi connectivity index (χ3v) is 3.69. The average molecular weight is 289 g/mol. The first-order valence-corrected chi connectivity index (χ1v) is 7.71. The molecule has 0 saturated heterocycles. The van der Waals surface area contributed by atoms with Gasteiger partial charge in [-0.3, -0.25) is 9.36 Å². The molecule has 0 spiro atoms. The van der Waals surface area contributed by atoms with E-state index in [0.29, 0.717) is 5.92 Å². The van der Waals surface area contributed by atoms with Crippen LogP contribution < -0.4 is 5.32 Å². The molecule has 0 fully saturated rings. The van der Waals surface area contributed by atoms with Crippen molar-refractivity contribution < 1.29 is 0 Å². The highest BCUT2D eigenvalue weighted by molar-refractivity contribution is 5.67. The van der Waals surface area contributed by atoms with E-state index >= 15 is 0 Å². The molecule has 0 aliphatic heterocycles. The summed E-state index contributed by atoms with van der Waals surface area (Å²) in [4.78, 5) is 0. The van der Waals surface area contributed by atoms with Crippen LogP contribution in [0.15, 0.2) is 6.20 Å². The van der Waals surface area contributed by atoms with Crippen molar-refractivity contribution in [3.8, 4) is 11.3 Å². The molecule has 5 heteroatoms. The van der Waals surface area contributed by atoms with Crippen LogP contribution in [0.1, 0.15) is 37.7 Å². The summed E-state index contributed by atoms with van der Waals surface area (Å²) in [6.45, 7) is 13.5. The molecule has 0 aromatic carbocycles. The van der Waals surface area contributed by atoms with Gasteiger partial charge in [0, 0.05) is 43.2 Å². The SMILES string of the molecule is CCn1nc(C)c(-c2nn(C)cc2CNCC(C)C)c1C. The van der Waals surface area contributed by atoms with Gasteiger partial charge in [-0.25, -0.2) is 0 Å². The van der Waals surface area contributed by atoms with E-state index < -0.39 is 0 Å². The maximum Gasteiger partial charge on any atom is 0.100 e. The predicted octanol–water partition coefficient (Wildman–Crippen LogP) is 2.67. The van der Waals surface area contributed by atoms with Crippen molar-refractivity contribution in [1.82, 2.24) is 24.9 Å². The Bertz CT molecular complexity index is 606. The second-order valence-electron chi connectivity index (χ2n) is 6.06.